The Kier molecular flexibility index (Phi) is 2.45. The highest BCUT2D eigenvalue weighted by atomic mass is 32.1. The minimum absolute atomic E-state index is 0.0190. The van der Waals surface area contributed by atoms with Gasteiger partial charge in [0.25, 0.3) is 5.56 Å². The summed E-state index contributed by atoms with van der Waals surface area (Å²) in [6, 6.07) is 9.90. The Bertz CT molecular complexity index is 702. The molecular weight excluding hydrogens is 234 g/mol. The zero-order valence-corrected chi connectivity index (χ0v) is 9.72. The van der Waals surface area contributed by atoms with Crippen LogP contribution in [0.3, 0.4) is 0 Å². The number of nitrogens with zero attached hydrogens (tertiary/aromatic N) is 3. The van der Waals surface area contributed by atoms with Crippen LogP contribution in [-0.2, 0) is 6.54 Å². The molecule has 0 atom stereocenters. The molecule has 0 amide bonds. The summed E-state index contributed by atoms with van der Waals surface area (Å²) in [6.45, 7) is 0.584. The van der Waals surface area contributed by atoms with Gasteiger partial charge < -0.3 is 0 Å². The van der Waals surface area contributed by atoms with Crippen molar-refractivity contribution in [2.75, 3.05) is 0 Å². The second kappa shape index (κ2) is 4.10. The SMILES string of the molecule is O=c1c2cncnc2sn1Cc1ccccc1. The van der Waals surface area contributed by atoms with E-state index in [9.17, 15) is 4.79 Å². The Labute approximate surface area is 101 Å². The topological polar surface area (TPSA) is 47.8 Å². The van der Waals surface area contributed by atoms with Gasteiger partial charge in [0.1, 0.15) is 11.2 Å². The summed E-state index contributed by atoms with van der Waals surface area (Å²) in [7, 11) is 0. The van der Waals surface area contributed by atoms with E-state index in [1.165, 1.54) is 17.9 Å². The summed E-state index contributed by atoms with van der Waals surface area (Å²) in [6.07, 6.45) is 3.04. The fraction of sp³-hybridized carbons (Fsp3) is 0.0833. The van der Waals surface area contributed by atoms with E-state index < -0.39 is 0 Å². The van der Waals surface area contributed by atoms with E-state index in [1.807, 2.05) is 30.3 Å². The van der Waals surface area contributed by atoms with Gasteiger partial charge in [-0.15, -0.1) is 0 Å². The van der Waals surface area contributed by atoms with Crippen molar-refractivity contribution in [3.8, 4) is 0 Å². The first-order chi connectivity index (χ1) is 8.34. The number of fused-ring (bicyclic) bond motifs is 1. The summed E-state index contributed by atoms with van der Waals surface area (Å²) in [5.74, 6) is 0. The average Bonchev–Trinajstić information content (AvgIpc) is 2.68. The van der Waals surface area contributed by atoms with Gasteiger partial charge >= 0.3 is 0 Å². The largest absolute Gasteiger partial charge is 0.272 e. The molecule has 0 N–H and O–H groups in total. The van der Waals surface area contributed by atoms with E-state index in [0.717, 1.165) is 10.4 Å². The molecule has 0 fully saturated rings. The Balaban J connectivity index is 2.07. The van der Waals surface area contributed by atoms with E-state index in [2.05, 4.69) is 9.97 Å². The molecule has 4 nitrogen and oxygen atoms in total. The first kappa shape index (κ1) is 10.2. The van der Waals surface area contributed by atoms with Crippen molar-refractivity contribution in [1.29, 1.82) is 0 Å². The van der Waals surface area contributed by atoms with Crippen LogP contribution in [0.2, 0.25) is 0 Å². The summed E-state index contributed by atoms with van der Waals surface area (Å²) in [4.78, 5) is 20.7. The molecule has 0 aliphatic rings. The lowest BCUT2D eigenvalue weighted by atomic mass is 10.2. The van der Waals surface area contributed by atoms with Crippen LogP contribution < -0.4 is 5.56 Å². The quantitative estimate of drug-likeness (QED) is 0.690. The predicted molar refractivity (Wildman–Crippen MR) is 67.2 cm³/mol. The number of aromatic nitrogens is 3. The fourth-order valence-corrected chi connectivity index (χ4v) is 2.61. The van der Waals surface area contributed by atoms with Gasteiger partial charge in [0.15, 0.2) is 0 Å². The maximum absolute atomic E-state index is 12.0. The number of benzene rings is 1. The number of hydrogen-bond acceptors (Lipinski definition) is 4. The summed E-state index contributed by atoms with van der Waals surface area (Å²) in [5, 5.41) is 0.591. The summed E-state index contributed by atoms with van der Waals surface area (Å²) >= 11 is 1.37. The van der Waals surface area contributed by atoms with Crippen molar-refractivity contribution in [3.63, 3.8) is 0 Å². The maximum atomic E-state index is 12.0. The fourth-order valence-electron chi connectivity index (χ4n) is 1.67. The van der Waals surface area contributed by atoms with Gasteiger partial charge in [0.2, 0.25) is 0 Å². The molecule has 2 aromatic heterocycles. The standard InChI is InChI=1S/C12H9N3OS/c16-12-10-6-13-8-14-11(10)17-15(12)7-9-4-2-1-3-5-9/h1-6,8H,7H2. The van der Waals surface area contributed by atoms with E-state index in [0.29, 0.717) is 11.9 Å². The van der Waals surface area contributed by atoms with Crippen LogP contribution in [0.25, 0.3) is 10.2 Å². The van der Waals surface area contributed by atoms with E-state index in [-0.39, 0.29) is 5.56 Å². The minimum atomic E-state index is -0.0190. The molecule has 0 bridgehead atoms. The highest BCUT2D eigenvalue weighted by Crippen LogP contribution is 2.13. The molecule has 0 unspecified atom stereocenters. The van der Waals surface area contributed by atoms with Crippen LogP contribution in [0.15, 0.2) is 47.7 Å². The van der Waals surface area contributed by atoms with Crippen molar-refractivity contribution >= 4 is 21.7 Å². The first-order valence-corrected chi connectivity index (χ1v) is 5.96. The van der Waals surface area contributed by atoms with E-state index >= 15 is 0 Å². The molecule has 5 heteroatoms. The van der Waals surface area contributed by atoms with Crippen LogP contribution in [0.1, 0.15) is 5.56 Å². The first-order valence-electron chi connectivity index (χ1n) is 5.18. The third kappa shape index (κ3) is 1.85. The van der Waals surface area contributed by atoms with Crippen molar-refractivity contribution in [1.82, 2.24) is 13.9 Å². The molecule has 3 aromatic rings. The van der Waals surface area contributed by atoms with Gasteiger partial charge in [-0.3, -0.25) is 8.75 Å². The zero-order chi connectivity index (χ0) is 11.7. The number of rotatable bonds is 2. The molecule has 0 aliphatic heterocycles. The second-order valence-corrected chi connectivity index (χ2v) is 4.67. The van der Waals surface area contributed by atoms with Crippen LogP contribution in [-0.4, -0.2) is 13.9 Å². The van der Waals surface area contributed by atoms with Gasteiger partial charge in [0, 0.05) is 6.20 Å². The smallest absolute Gasteiger partial charge is 0.268 e. The van der Waals surface area contributed by atoms with Gasteiger partial charge in [0.05, 0.1) is 11.9 Å². The Hall–Kier alpha value is -2.01. The molecule has 3 rings (SSSR count). The van der Waals surface area contributed by atoms with Crippen LogP contribution >= 0.6 is 11.5 Å². The lowest BCUT2D eigenvalue weighted by molar-refractivity contribution is 0.854. The Morgan fingerprint density at radius 1 is 1.24 bits per heavy atom. The van der Waals surface area contributed by atoms with Crippen molar-refractivity contribution in [3.05, 3.63) is 58.8 Å². The van der Waals surface area contributed by atoms with Gasteiger partial charge in [-0.1, -0.05) is 30.3 Å². The predicted octanol–water partition coefficient (Wildman–Crippen LogP) is 1.90. The average molecular weight is 243 g/mol. The van der Waals surface area contributed by atoms with E-state index in [1.54, 1.807) is 10.2 Å². The number of hydrogen-bond donors (Lipinski definition) is 0. The highest BCUT2D eigenvalue weighted by Gasteiger charge is 2.08. The molecule has 2 heterocycles. The van der Waals surface area contributed by atoms with Crippen LogP contribution in [0.5, 0.6) is 0 Å². The van der Waals surface area contributed by atoms with Gasteiger partial charge in [-0.2, -0.15) is 0 Å². The van der Waals surface area contributed by atoms with Gasteiger partial charge in [-0.05, 0) is 17.1 Å². The van der Waals surface area contributed by atoms with Gasteiger partial charge in [-0.25, -0.2) is 9.97 Å². The lowest BCUT2D eigenvalue weighted by Gasteiger charge is -1.99. The van der Waals surface area contributed by atoms with Crippen molar-refractivity contribution in [2.45, 2.75) is 6.54 Å². The highest BCUT2D eigenvalue weighted by molar-refractivity contribution is 7.13. The normalized spacial score (nSPS) is 10.8. The second-order valence-electron chi connectivity index (χ2n) is 3.66. The molecule has 0 radical (unpaired) electrons. The monoisotopic (exact) mass is 243 g/mol. The Morgan fingerprint density at radius 2 is 2.06 bits per heavy atom. The van der Waals surface area contributed by atoms with E-state index in [4.69, 9.17) is 0 Å². The summed E-state index contributed by atoms with van der Waals surface area (Å²) < 4.78 is 1.70. The molecule has 0 spiro atoms. The molecule has 1 aromatic carbocycles. The third-order valence-corrected chi connectivity index (χ3v) is 3.51. The molecular formula is C12H9N3OS. The maximum Gasteiger partial charge on any atom is 0.272 e. The van der Waals surface area contributed by atoms with Crippen molar-refractivity contribution in [2.24, 2.45) is 0 Å². The third-order valence-electron chi connectivity index (χ3n) is 2.50. The molecule has 0 saturated carbocycles. The molecule has 0 saturated heterocycles. The minimum Gasteiger partial charge on any atom is -0.268 e. The zero-order valence-electron chi connectivity index (χ0n) is 8.91. The van der Waals surface area contributed by atoms with Crippen molar-refractivity contribution < 1.29 is 0 Å². The van der Waals surface area contributed by atoms with Crippen LogP contribution in [0.4, 0.5) is 0 Å². The molecule has 0 aliphatic carbocycles. The summed E-state index contributed by atoms with van der Waals surface area (Å²) in [5.41, 5.74) is 1.09. The Morgan fingerprint density at radius 3 is 2.82 bits per heavy atom. The van der Waals surface area contributed by atoms with Crippen LogP contribution in [0, 0.1) is 0 Å². The molecule has 84 valence electrons. The molecule has 17 heavy (non-hydrogen) atoms. The lowest BCUT2D eigenvalue weighted by Crippen LogP contribution is -2.13.